The zero-order chi connectivity index (χ0) is 13.7. The van der Waals surface area contributed by atoms with Gasteiger partial charge in [-0.05, 0) is 34.1 Å². The van der Waals surface area contributed by atoms with Gasteiger partial charge in [-0.2, -0.15) is 0 Å². The highest BCUT2D eigenvalue weighted by Crippen LogP contribution is 2.17. The van der Waals surface area contributed by atoms with E-state index < -0.39 is 0 Å². The standard InChI is InChI=1S/C14H13BrN2O2/c1-19-14-10(5-4-8-16-14)9-17-13(18)11-6-2-3-7-12(11)15/h2-8H,9H2,1H3,(H,17,18). The molecule has 0 saturated heterocycles. The van der Waals surface area contributed by atoms with Crippen molar-refractivity contribution in [3.63, 3.8) is 0 Å². The molecule has 0 aliphatic carbocycles. The van der Waals surface area contributed by atoms with Crippen LogP contribution in [0.25, 0.3) is 0 Å². The predicted molar refractivity (Wildman–Crippen MR) is 76.1 cm³/mol. The first-order valence-corrected chi connectivity index (χ1v) is 6.52. The summed E-state index contributed by atoms with van der Waals surface area (Å²) in [5.41, 5.74) is 1.44. The lowest BCUT2D eigenvalue weighted by molar-refractivity contribution is 0.0950. The van der Waals surface area contributed by atoms with Gasteiger partial charge >= 0.3 is 0 Å². The second-order valence-corrected chi connectivity index (χ2v) is 4.69. The van der Waals surface area contributed by atoms with Gasteiger partial charge in [0, 0.05) is 22.8 Å². The van der Waals surface area contributed by atoms with E-state index in [2.05, 4.69) is 26.2 Å². The Balaban J connectivity index is 2.07. The fourth-order valence-electron chi connectivity index (χ4n) is 1.66. The minimum Gasteiger partial charge on any atom is -0.481 e. The minimum absolute atomic E-state index is 0.140. The molecular formula is C14H13BrN2O2. The largest absolute Gasteiger partial charge is 0.481 e. The first kappa shape index (κ1) is 13.5. The Kier molecular flexibility index (Phi) is 4.52. The monoisotopic (exact) mass is 320 g/mol. The van der Waals surface area contributed by atoms with E-state index in [0.717, 1.165) is 10.0 Å². The first-order valence-electron chi connectivity index (χ1n) is 5.73. The van der Waals surface area contributed by atoms with Crippen molar-refractivity contribution in [2.24, 2.45) is 0 Å². The molecule has 0 bridgehead atoms. The van der Waals surface area contributed by atoms with Crippen molar-refractivity contribution in [1.82, 2.24) is 10.3 Å². The summed E-state index contributed by atoms with van der Waals surface area (Å²) in [5, 5.41) is 2.84. The van der Waals surface area contributed by atoms with Gasteiger partial charge in [0.25, 0.3) is 5.91 Å². The molecule has 5 heteroatoms. The molecule has 0 unspecified atom stereocenters. The topological polar surface area (TPSA) is 51.2 Å². The van der Waals surface area contributed by atoms with Crippen LogP contribution >= 0.6 is 15.9 Å². The summed E-state index contributed by atoms with van der Waals surface area (Å²) < 4.78 is 5.90. The smallest absolute Gasteiger partial charge is 0.252 e. The van der Waals surface area contributed by atoms with Crippen molar-refractivity contribution < 1.29 is 9.53 Å². The lowest BCUT2D eigenvalue weighted by atomic mass is 10.2. The molecule has 1 N–H and O–H groups in total. The number of methoxy groups -OCH3 is 1. The summed E-state index contributed by atoms with van der Waals surface area (Å²) in [7, 11) is 1.56. The Labute approximate surface area is 119 Å². The van der Waals surface area contributed by atoms with Crippen LogP contribution in [0.2, 0.25) is 0 Å². The van der Waals surface area contributed by atoms with Gasteiger partial charge in [-0.1, -0.05) is 18.2 Å². The highest BCUT2D eigenvalue weighted by atomic mass is 79.9. The average molecular weight is 321 g/mol. The van der Waals surface area contributed by atoms with Crippen LogP contribution in [0.5, 0.6) is 5.88 Å². The number of aromatic nitrogens is 1. The maximum Gasteiger partial charge on any atom is 0.252 e. The summed E-state index contributed by atoms with van der Waals surface area (Å²) in [4.78, 5) is 16.1. The van der Waals surface area contributed by atoms with Crippen LogP contribution in [-0.4, -0.2) is 18.0 Å². The van der Waals surface area contributed by atoms with E-state index in [-0.39, 0.29) is 5.91 Å². The Morgan fingerprint density at radius 1 is 1.32 bits per heavy atom. The Bertz CT molecular complexity index is 587. The SMILES string of the molecule is COc1ncccc1CNC(=O)c1ccccc1Br. The number of benzene rings is 1. The van der Waals surface area contributed by atoms with Crippen molar-refractivity contribution in [2.45, 2.75) is 6.54 Å². The van der Waals surface area contributed by atoms with Gasteiger partial charge in [-0.15, -0.1) is 0 Å². The average Bonchev–Trinajstić information content (AvgIpc) is 2.45. The van der Waals surface area contributed by atoms with Crippen LogP contribution in [0, 0.1) is 0 Å². The van der Waals surface area contributed by atoms with E-state index in [1.807, 2.05) is 30.3 Å². The molecule has 2 aromatic rings. The van der Waals surface area contributed by atoms with E-state index in [9.17, 15) is 4.79 Å². The lowest BCUT2D eigenvalue weighted by Gasteiger charge is -2.09. The van der Waals surface area contributed by atoms with Crippen molar-refractivity contribution in [3.05, 3.63) is 58.2 Å². The van der Waals surface area contributed by atoms with Gasteiger partial charge in [0.1, 0.15) is 0 Å². The molecule has 1 amide bonds. The highest BCUT2D eigenvalue weighted by Gasteiger charge is 2.10. The van der Waals surface area contributed by atoms with Gasteiger partial charge in [-0.25, -0.2) is 4.98 Å². The van der Waals surface area contributed by atoms with Gasteiger partial charge in [0.15, 0.2) is 0 Å². The second-order valence-electron chi connectivity index (χ2n) is 3.83. The number of carbonyl (C=O) groups excluding carboxylic acids is 1. The summed E-state index contributed by atoms with van der Waals surface area (Å²) in [5.74, 6) is 0.383. The summed E-state index contributed by atoms with van der Waals surface area (Å²) >= 11 is 3.35. The molecule has 19 heavy (non-hydrogen) atoms. The minimum atomic E-state index is -0.140. The summed E-state index contributed by atoms with van der Waals surface area (Å²) in [6, 6.07) is 11.0. The zero-order valence-corrected chi connectivity index (χ0v) is 12.0. The molecule has 0 fully saturated rings. The van der Waals surface area contributed by atoms with E-state index in [4.69, 9.17) is 4.74 Å². The van der Waals surface area contributed by atoms with Crippen LogP contribution in [0.4, 0.5) is 0 Å². The second kappa shape index (κ2) is 6.33. The number of ether oxygens (including phenoxy) is 1. The molecule has 1 heterocycles. The zero-order valence-electron chi connectivity index (χ0n) is 10.4. The van der Waals surface area contributed by atoms with Crippen molar-refractivity contribution >= 4 is 21.8 Å². The predicted octanol–water partition coefficient (Wildman–Crippen LogP) is 2.78. The molecule has 4 nitrogen and oxygen atoms in total. The fourth-order valence-corrected chi connectivity index (χ4v) is 2.12. The van der Waals surface area contributed by atoms with E-state index in [1.54, 1.807) is 19.4 Å². The quantitative estimate of drug-likeness (QED) is 0.942. The third-order valence-corrected chi connectivity index (χ3v) is 3.29. The first-order chi connectivity index (χ1) is 9.22. The molecule has 98 valence electrons. The van der Waals surface area contributed by atoms with Crippen molar-refractivity contribution in [3.8, 4) is 5.88 Å². The number of hydrogen-bond acceptors (Lipinski definition) is 3. The maximum absolute atomic E-state index is 12.0. The number of carbonyl (C=O) groups is 1. The normalized spacial score (nSPS) is 10.0. The Morgan fingerprint density at radius 3 is 2.84 bits per heavy atom. The van der Waals surface area contributed by atoms with Crippen molar-refractivity contribution in [2.75, 3.05) is 7.11 Å². The third kappa shape index (κ3) is 3.32. The Morgan fingerprint density at radius 2 is 2.11 bits per heavy atom. The number of rotatable bonds is 4. The molecule has 0 spiro atoms. The van der Waals surface area contributed by atoms with Crippen LogP contribution in [-0.2, 0) is 6.54 Å². The van der Waals surface area contributed by atoms with Crippen LogP contribution in [0.15, 0.2) is 47.1 Å². The van der Waals surface area contributed by atoms with E-state index in [1.165, 1.54) is 0 Å². The van der Waals surface area contributed by atoms with Gasteiger partial charge in [0.2, 0.25) is 5.88 Å². The van der Waals surface area contributed by atoms with Crippen LogP contribution < -0.4 is 10.1 Å². The fraction of sp³-hybridized carbons (Fsp3) is 0.143. The maximum atomic E-state index is 12.0. The molecule has 1 aromatic carbocycles. The van der Waals surface area contributed by atoms with E-state index in [0.29, 0.717) is 18.0 Å². The third-order valence-electron chi connectivity index (χ3n) is 2.60. The number of amides is 1. The van der Waals surface area contributed by atoms with Gasteiger partial charge in [0.05, 0.1) is 12.7 Å². The summed E-state index contributed by atoms with van der Waals surface area (Å²) in [6.45, 7) is 0.372. The lowest BCUT2D eigenvalue weighted by Crippen LogP contribution is -2.23. The molecule has 0 aliphatic rings. The molecule has 2 rings (SSSR count). The molecule has 0 atom stereocenters. The number of halogens is 1. The molecule has 0 saturated carbocycles. The van der Waals surface area contributed by atoms with Crippen LogP contribution in [0.3, 0.4) is 0 Å². The van der Waals surface area contributed by atoms with Crippen molar-refractivity contribution in [1.29, 1.82) is 0 Å². The number of hydrogen-bond donors (Lipinski definition) is 1. The number of nitrogens with one attached hydrogen (secondary N) is 1. The molecule has 1 aromatic heterocycles. The molecule has 0 aliphatic heterocycles. The molecular weight excluding hydrogens is 308 g/mol. The van der Waals surface area contributed by atoms with Crippen LogP contribution in [0.1, 0.15) is 15.9 Å². The Hall–Kier alpha value is -1.88. The highest BCUT2D eigenvalue weighted by molar-refractivity contribution is 9.10. The van der Waals surface area contributed by atoms with Gasteiger partial charge < -0.3 is 10.1 Å². The van der Waals surface area contributed by atoms with E-state index >= 15 is 0 Å². The molecule has 0 radical (unpaired) electrons. The number of pyridine rings is 1. The summed E-state index contributed by atoms with van der Waals surface area (Å²) in [6.07, 6.45) is 1.65. The van der Waals surface area contributed by atoms with Gasteiger partial charge in [-0.3, -0.25) is 4.79 Å². The number of nitrogens with zero attached hydrogens (tertiary/aromatic N) is 1.